The average molecular weight is 464 g/mol. The van der Waals surface area contributed by atoms with Crippen molar-refractivity contribution in [2.75, 3.05) is 32.7 Å². The number of piperidine rings is 2. The van der Waals surface area contributed by atoms with Crippen LogP contribution in [-0.2, 0) is 4.79 Å². The predicted octanol–water partition coefficient (Wildman–Crippen LogP) is 3.91. The van der Waals surface area contributed by atoms with Gasteiger partial charge in [0.15, 0.2) is 0 Å². The van der Waals surface area contributed by atoms with Gasteiger partial charge in [0.2, 0.25) is 5.91 Å². The predicted molar refractivity (Wildman–Crippen MR) is 121 cm³/mol. The minimum absolute atomic E-state index is 0.00106. The molecule has 0 radical (unpaired) electrons. The average Bonchev–Trinajstić information content (AvgIpc) is 3.33. The highest BCUT2D eigenvalue weighted by molar-refractivity contribution is 5.97. The molecule has 6 nitrogen and oxygen atoms in total. The summed E-state index contributed by atoms with van der Waals surface area (Å²) in [5, 5.41) is 3.21. The molecule has 1 N–H and O–H groups in total. The molecule has 2 aliphatic heterocycles. The SMILES string of the molecule is O=C(NC1CCN(CC2CCCC2)CC1)C1CCCN(C(=O)c2ccccc2OC(F)F)C1. The molecule has 4 rings (SSSR count). The van der Waals surface area contributed by atoms with E-state index in [0.29, 0.717) is 19.5 Å². The minimum Gasteiger partial charge on any atom is -0.434 e. The third kappa shape index (κ3) is 6.43. The highest BCUT2D eigenvalue weighted by atomic mass is 19.3. The summed E-state index contributed by atoms with van der Waals surface area (Å²) in [5.41, 5.74) is 0.105. The van der Waals surface area contributed by atoms with Crippen molar-refractivity contribution in [1.82, 2.24) is 15.1 Å². The molecule has 0 spiro atoms. The number of carbonyl (C=O) groups excluding carboxylic acids is 2. The zero-order chi connectivity index (χ0) is 23.2. The first-order valence-corrected chi connectivity index (χ1v) is 12.4. The standard InChI is InChI=1S/C25H35F2N3O3/c26-25(27)33-22-10-4-3-9-21(22)24(32)30-13-5-8-19(17-30)23(31)28-20-11-14-29(15-12-20)16-18-6-1-2-7-18/h3-4,9-10,18-20,25H,1-2,5-8,11-17H2,(H,28,31). The lowest BCUT2D eigenvalue weighted by Gasteiger charge is -2.36. The first kappa shape index (κ1) is 23.9. The van der Waals surface area contributed by atoms with Crippen molar-refractivity contribution in [3.05, 3.63) is 29.8 Å². The topological polar surface area (TPSA) is 61.9 Å². The smallest absolute Gasteiger partial charge is 0.387 e. The number of ether oxygens (including phenoxy) is 1. The van der Waals surface area contributed by atoms with E-state index in [4.69, 9.17) is 0 Å². The second-order valence-electron chi connectivity index (χ2n) is 9.70. The summed E-state index contributed by atoms with van der Waals surface area (Å²) in [7, 11) is 0. The molecule has 1 saturated carbocycles. The van der Waals surface area contributed by atoms with Gasteiger partial charge in [0.05, 0.1) is 11.5 Å². The van der Waals surface area contributed by atoms with Crippen LogP contribution in [0.4, 0.5) is 8.78 Å². The Morgan fingerprint density at radius 1 is 1.00 bits per heavy atom. The highest BCUT2D eigenvalue weighted by Crippen LogP contribution is 2.27. The van der Waals surface area contributed by atoms with Gasteiger partial charge in [-0.15, -0.1) is 0 Å². The van der Waals surface area contributed by atoms with Gasteiger partial charge < -0.3 is 19.9 Å². The summed E-state index contributed by atoms with van der Waals surface area (Å²) in [6.45, 7) is 1.05. The molecule has 1 unspecified atom stereocenters. The van der Waals surface area contributed by atoms with E-state index < -0.39 is 6.61 Å². The molecule has 3 aliphatic rings. The van der Waals surface area contributed by atoms with Gasteiger partial charge in [-0.05, 0) is 56.6 Å². The number of nitrogens with one attached hydrogen (secondary N) is 1. The molecule has 2 amide bonds. The fourth-order valence-corrected chi connectivity index (χ4v) is 5.53. The molecule has 3 fully saturated rings. The molecule has 1 aliphatic carbocycles. The molecular formula is C25H35F2N3O3. The van der Waals surface area contributed by atoms with Crippen molar-refractivity contribution >= 4 is 11.8 Å². The minimum atomic E-state index is -3.00. The number of para-hydroxylation sites is 1. The van der Waals surface area contributed by atoms with Crippen LogP contribution in [0.15, 0.2) is 24.3 Å². The zero-order valence-electron chi connectivity index (χ0n) is 19.2. The molecule has 1 atom stereocenters. The number of halogens is 2. The Kier molecular flexibility index (Phi) is 8.17. The van der Waals surface area contributed by atoms with E-state index in [1.165, 1.54) is 44.4 Å². The molecule has 33 heavy (non-hydrogen) atoms. The highest BCUT2D eigenvalue weighted by Gasteiger charge is 2.32. The summed E-state index contributed by atoms with van der Waals surface area (Å²) >= 11 is 0. The third-order valence-corrected chi connectivity index (χ3v) is 7.34. The van der Waals surface area contributed by atoms with E-state index in [-0.39, 0.29) is 35.1 Å². The van der Waals surface area contributed by atoms with Crippen molar-refractivity contribution in [1.29, 1.82) is 0 Å². The maximum absolute atomic E-state index is 13.0. The van der Waals surface area contributed by atoms with E-state index in [1.54, 1.807) is 17.0 Å². The second kappa shape index (κ2) is 11.3. The van der Waals surface area contributed by atoms with Gasteiger partial charge in [-0.3, -0.25) is 9.59 Å². The van der Waals surface area contributed by atoms with Gasteiger partial charge in [-0.25, -0.2) is 0 Å². The van der Waals surface area contributed by atoms with Gasteiger partial charge in [0, 0.05) is 38.8 Å². The summed E-state index contributed by atoms with van der Waals surface area (Å²) in [6.07, 6.45) is 8.80. The molecule has 182 valence electrons. The Hall–Kier alpha value is -2.22. The van der Waals surface area contributed by atoms with Crippen molar-refractivity contribution in [3.63, 3.8) is 0 Å². The van der Waals surface area contributed by atoms with Crippen LogP contribution in [-0.4, -0.2) is 67.0 Å². The quantitative estimate of drug-likeness (QED) is 0.666. The Morgan fingerprint density at radius 3 is 2.45 bits per heavy atom. The van der Waals surface area contributed by atoms with Gasteiger partial charge in [0.1, 0.15) is 5.75 Å². The van der Waals surface area contributed by atoms with Crippen LogP contribution >= 0.6 is 0 Å². The summed E-state index contributed by atoms with van der Waals surface area (Å²) in [4.78, 5) is 30.1. The third-order valence-electron chi connectivity index (χ3n) is 7.34. The van der Waals surface area contributed by atoms with Crippen LogP contribution in [0, 0.1) is 11.8 Å². The number of benzene rings is 1. The van der Waals surface area contributed by atoms with Gasteiger partial charge in [0.25, 0.3) is 5.91 Å². The van der Waals surface area contributed by atoms with Gasteiger partial charge in [-0.2, -0.15) is 8.78 Å². The molecule has 0 aromatic heterocycles. The van der Waals surface area contributed by atoms with Crippen LogP contribution < -0.4 is 10.1 Å². The van der Waals surface area contributed by atoms with Crippen molar-refractivity contribution < 1.29 is 23.1 Å². The number of hydrogen-bond donors (Lipinski definition) is 1. The van der Waals surface area contributed by atoms with Crippen LogP contribution in [0.5, 0.6) is 5.75 Å². The number of carbonyl (C=O) groups is 2. The molecule has 8 heteroatoms. The van der Waals surface area contributed by atoms with Gasteiger partial charge >= 0.3 is 6.61 Å². The largest absolute Gasteiger partial charge is 0.434 e. The Labute approximate surface area is 194 Å². The number of likely N-dealkylation sites (tertiary alicyclic amines) is 2. The van der Waals surface area contributed by atoms with Crippen molar-refractivity contribution in [2.45, 2.75) is 64.0 Å². The van der Waals surface area contributed by atoms with Crippen molar-refractivity contribution in [3.8, 4) is 5.75 Å². The van der Waals surface area contributed by atoms with E-state index in [9.17, 15) is 18.4 Å². The van der Waals surface area contributed by atoms with Gasteiger partial charge in [-0.1, -0.05) is 25.0 Å². The molecule has 2 saturated heterocycles. The van der Waals surface area contributed by atoms with E-state index >= 15 is 0 Å². The second-order valence-corrected chi connectivity index (χ2v) is 9.70. The number of nitrogens with zero attached hydrogens (tertiary/aromatic N) is 2. The first-order chi connectivity index (χ1) is 16.0. The van der Waals surface area contributed by atoms with Crippen LogP contribution in [0.25, 0.3) is 0 Å². The van der Waals surface area contributed by atoms with Crippen LogP contribution in [0.1, 0.15) is 61.7 Å². The maximum atomic E-state index is 13.0. The van der Waals surface area contributed by atoms with E-state index in [0.717, 1.165) is 38.3 Å². The lowest BCUT2D eigenvalue weighted by molar-refractivity contribution is -0.127. The summed E-state index contributed by atoms with van der Waals surface area (Å²) in [5.74, 6) is 0.0665. The number of hydrogen-bond acceptors (Lipinski definition) is 4. The van der Waals surface area contributed by atoms with E-state index in [2.05, 4.69) is 15.0 Å². The fraction of sp³-hybridized carbons (Fsp3) is 0.680. The zero-order valence-corrected chi connectivity index (χ0v) is 19.2. The molecule has 0 bridgehead atoms. The lowest BCUT2D eigenvalue weighted by atomic mass is 9.95. The normalized spacial score (nSPS) is 23.1. The summed E-state index contributed by atoms with van der Waals surface area (Å²) < 4.78 is 30.0. The number of alkyl halides is 2. The summed E-state index contributed by atoms with van der Waals surface area (Å²) in [6, 6.07) is 6.22. The Bertz CT molecular complexity index is 808. The first-order valence-electron chi connectivity index (χ1n) is 12.4. The fourth-order valence-electron chi connectivity index (χ4n) is 5.53. The molecule has 1 aromatic rings. The molecule has 1 aromatic carbocycles. The maximum Gasteiger partial charge on any atom is 0.387 e. The lowest BCUT2D eigenvalue weighted by Crippen LogP contribution is -2.50. The number of rotatable bonds is 7. The molecule has 2 heterocycles. The molecular weight excluding hydrogens is 428 g/mol. The monoisotopic (exact) mass is 463 g/mol. The number of amides is 2. The van der Waals surface area contributed by atoms with Crippen molar-refractivity contribution in [2.24, 2.45) is 11.8 Å². The van der Waals surface area contributed by atoms with E-state index in [1.807, 2.05) is 0 Å². The Morgan fingerprint density at radius 2 is 1.73 bits per heavy atom. The van der Waals surface area contributed by atoms with Crippen LogP contribution in [0.2, 0.25) is 0 Å². The van der Waals surface area contributed by atoms with Crippen LogP contribution in [0.3, 0.4) is 0 Å². The Balaban J connectivity index is 1.27.